The van der Waals surface area contributed by atoms with Crippen molar-refractivity contribution in [1.29, 1.82) is 0 Å². The summed E-state index contributed by atoms with van der Waals surface area (Å²) in [5, 5.41) is 2.45. The van der Waals surface area contributed by atoms with E-state index in [0.29, 0.717) is 13.0 Å². The number of carbonyl (C=O) groups is 2. The normalized spacial score (nSPS) is 12.1. The maximum atomic E-state index is 10.2. The molecule has 0 radical (unpaired) electrons. The molecule has 0 aliphatic heterocycles. The molecule has 5 N–H and O–H groups in total. The largest absolute Gasteiger partial charge is 0.352 e. The van der Waals surface area contributed by atoms with Crippen LogP contribution in [-0.4, -0.2) is 24.9 Å². The Bertz CT molecular complexity index is 150. The molecule has 0 aromatic rings. The third kappa shape index (κ3) is 7.01. The second kappa shape index (κ2) is 6.60. The van der Waals surface area contributed by atoms with E-state index in [1.54, 1.807) is 0 Å². The molecule has 0 saturated heterocycles. The highest BCUT2D eigenvalue weighted by Crippen LogP contribution is 1.95. The first-order chi connectivity index (χ1) is 5.66. The maximum absolute atomic E-state index is 10.2. The summed E-state index contributed by atoms with van der Waals surface area (Å²) < 4.78 is 0. The molecule has 0 aromatic carbocycles. The van der Waals surface area contributed by atoms with Crippen LogP contribution >= 0.6 is 0 Å². The van der Waals surface area contributed by atoms with E-state index in [2.05, 4.69) is 5.32 Å². The van der Waals surface area contributed by atoms with Gasteiger partial charge < -0.3 is 21.6 Å². The van der Waals surface area contributed by atoms with Gasteiger partial charge in [-0.3, -0.25) is 0 Å². The first kappa shape index (κ1) is 10.9. The number of primary amides is 1. The zero-order valence-electron chi connectivity index (χ0n) is 6.95. The van der Waals surface area contributed by atoms with E-state index in [4.69, 9.17) is 11.5 Å². The van der Waals surface area contributed by atoms with Gasteiger partial charge in [0, 0.05) is 6.54 Å². The Balaban J connectivity index is 3.10. The van der Waals surface area contributed by atoms with Gasteiger partial charge in [-0.05, 0) is 19.3 Å². The fourth-order valence-corrected chi connectivity index (χ4v) is 0.785. The van der Waals surface area contributed by atoms with Crippen molar-refractivity contribution in [3.05, 3.63) is 0 Å². The van der Waals surface area contributed by atoms with Crippen molar-refractivity contribution in [1.82, 2.24) is 5.32 Å². The van der Waals surface area contributed by atoms with Crippen LogP contribution in [0.5, 0.6) is 0 Å². The molecule has 0 fully saturated rings. The summed E-state index contributed by atoms with van der Waals surface area (Å²) >= 11 is 0. The van der Waals surface area contributed by atoms with Crippen molar-refractivity contribution in [2.75, 3.05) is 6.54 Å². The topological polar surface area (TPSA) is 98.2 Å². The van der Waals surface area contributed by atoms with Crippen molar-refractivity contribution >= 4 is 12.3 Å². The molecule has 0 bridgehead atoms. The first-order valence-electron chi connectivity index (χ1n) is 3.91. The number of aldehydes is 1. The molecule has 0 spiro atoms. The summed E-state index contributed by atoms with van der Waals surface area (Å²) in [7, 11) is 0. The fraction of sp³-hybridized carbons (Fsp3) is 0.714. The minimum absolute atomic E-state index is 0.376. The standard InChI is InChI=1S/C7H15N3O2/c8-6(5-11)3-1-2-4-10-7(9)12/h5-6H,1-4,8H2,(H3,9,10,12). The van der Waals surface area contributed by atoms with Crippen LogP contribution in [0.3, 0.4) is 0 Å². The lowest BCUT2D eigenvalue weighted by atomic mass is 10.1. The lowest BCUT2D eigenvalue weighted by Gasteiger charge is -2.03. The Hall–Kier alpha value is -1.10. The average molecular weight is 173 g/mol. The van der Waals surface area contributed by atoms with Crippen molar-refractivity contribution in [2.45, 2.75) is 25.3 Å². The molecule has 1 unspecified atom stereocenters. The Morgan fingerprint density at radius 2 is 2.17 bits per heavy atom. The minimum Gasteiger partial charge on any atom is -0.352 e. The predicted octanol–water partition coefficient (Wildman–Crippen LogP) is -0.649. The number of urea groups is 1. The average Bonchev–Trinajstić information content (AvgIpc) is 2.03. The number of unbranched alkanes of at least 4 members (excludes halogenated alkanes) is 1. The van der Waals surface area contributed by atoms with Crippen LogP contribution in [-0.2, 0) is 4.79 Å². The summed E-state index contributed by atoms with van der Waals surface area (Å²) in [6.45, 7) is 0.543. The summed E-state index contributed by atoms with van der Waals surface area (Å²) in [5.74, 6) is 0. The summed E-state index contributed by atoms with van der Waals surface area (Å²) in [4.78, 5) is 20.2. The number of rotatable bonds is 6. The van der Waals surface area contributed by atoms with Crippen molar-refractivity contribution in [2.24, 2.45) is 11.5 Å². The molecule has 1 atom stereocenters. The van der Waals surface area contributed by atoms with Crippen LogP contribution in [0, 0.1) is 0 Å². The molecule has 5 nitrogen and oxygen atoms in total. The molecule has 5 heteroatoms. The van der Waals surface area contributed by atoms with Crippen molar-refractivity contribution in [3.63, 3.8) is 0 Å². The molecule has 2 amide bonds. The molecule has 0 aliphatic rings. The van der Waals surface area contributed by atoms with Gasteiger partial charge in [-0.1, -0.05) is 0 Å². The second-order valence-electron chi connectivity index (χ2n) is 2.59. The van der Waals surface area contributed by atoms with Crippen molar-refractivity contribution in [3.8, 4) is 0 Å². The highest BCUT2D eigenvalue weighted by molar-refractivity contribution is 5.71. The SMILES string of the molecule is NC(=O)NCCCCC(N)C=O. The van der Waals surface area contributed by atoms with Gasteiger partial charge in [-0.25, -0.2) is 4.79 Å². The van der Waals surface area contributed by atoms with E-state index in [1.807, 2.05) is 0 Å². The van der Waals surface area contributed by atoms with E-state index < -0.39 is 6.03 Å². The van der Waals surface area contributed by atoms with Gasteiger partial charge in [0.25, 0.3) is 0 Å². The Morgan fingerprint density at radius 3 is 2.67 bits per heavy atom. The fourth-order valence-electron chi connectivity index (χ4n) is 0.785. The summed E-state index contributed by atoms with van der Waals surface area (Å²) in [5.41, 5.74) is 10.2. The number of nitrogens with one attached hydrogen (secondary N) is 1. The molecule has 0 rings (SSSR count). The van der Waals surface area contributed by atoms with Crippen LogP contribution in [0.4, 0.5) is 4.79 Å². The van der Waals surface area contributed by atoms with E-state index >= 15 is 0 Å². The maximum Gasteiger partial charge on any atom is 0.312 e. The highest BCUT2D eigenvalue weighted by atomic mass is 16.2. The summed E-state index contributed by atoms with van der Waals surface area (Å²) in [6.07, 6.45) is 3.00. The lowest BCUT2D eigenvalue weighted by Crippen LogP contribution is -2.30. The number of hydrogen-bond donors (Lipinski definition) is 3. The summed E-state index contributed by atoms with van der Waals surface area (Å²) in [6, 6.07) is -0.895. The van der Waals surface area contributed by atoms with Crippen LogP contribution < -0.4 is 16.8 Å². The van der Waals surface area contributed by atoms with Crippen LogP contribution in [0.2, 0.25) is 0 Å². The van der Waals surface area contributed by atoms with Gasteiger partial charge >= 0.3 is 6.03 Å². The van der Waals surface area contributed by atoms with Crippen LogP contribution in [0.1, 0.15) is 19.3 Å². The molecular weight excluding hydrogens is 158 g/mol. The Labute approximate surface area is 71.5 Å². The Morgan fingerprint density at radius 1 is 1.50 bits per heavy atom. The van der Waals surface area contributed by atoms with E-state index in [1.165, 1.54) is 0 Å². The molecule has 0 heterocycles. The number of hydrogen-bond acceptors (Lipinski definition) is 3. The Kier molecular flexibility index (Phi) is 6.00. The number of nitrogens with two attached hydrogens (primary N) is 2. The molecule has 70 valence electrons. The van der Waals surface area contributed by atoms with Gasteiger partial charge in [0.15, 0.2) is 0 Å². The van der Waals surface area contributed by atoms with Gasteiger partial charge in [-0.2, -0.15) is 0 Å². The third-order valence-corrected chi connectivity index (χ3v) is 1.44. The minimum atomic E-state index is -0.519. The predicted molar refractivity (Wildman–Crippen MR) is 45.5 cm³/mol. The molecule has 12 heavy (non-hydrogen) atoms. The van der Waals surface area contributed by atoms with Crippen LogP contribution in [0.25, 0.3) is 0 Å². The molecule has 0 aromatic heterocycles. The second-order valence-corrected chi connectivity index (χ2v) is 2.59. The van der Waals surface area contributed by atoms with Gasteiger partial charge in [-0.15, -0.1) is 0 Å². The highest BCUT2D eigenvalue weighted by Gasteiger charge is 1.98. The van der Waals surface area contributed by atoms with Crippen LogP contribution in [0.15, 0.2) is 0 Å². The quantitative estimate of drug-likeness (QED) is 0.367. The molecule has 0 aliphatic carbocycles. The number of carbonyl (C=O) groups excluding carboxylic acids is 2. The van der Waals surface area contributed by atoms with Crippen molar-refractivity contribution < 1.29 is 9.59 Å². The van der Waals surface area contributed by atoms with E-state index in [9.17, 15) is 9.59 Å². The molecular formula is C7H15N3O2. The number of amides is 2. The van der Waals surface area contributed by atoms with E-state index in [-0.39, 0.29) is 6.04 Å². The van der Waals surface area contributed by atoms with Gasteiger partial charge in [0.2, 0.25) is 0 Å². The first-order valence-corrected chi connectivity index (χ1v) is 3.91. The lowest BCUT2D eigenvalue weighted by molar-refractivity contribution is -0.109. The monoisotopic (exact) mass is 173 g/mol. The smallest absolute Gasteiger partial charge is 0.312 e. The van der Waals surface area contributed by atoms with Gasteiger partial charge in [0.05, 0.1) is 6.04 Å². The third-order valence-electron chi connectivity index (χ3n) is 1.44. The zero-order valence-corrected chi connectivity index (χ0v) is 6.95. The zero-order chi connectivity index (χ0) is 9.40. The van der Waals surface area contributed by atoms with E-state index in [0.717, 1.165) is 19.1 Å². The van der Waals surface area contributed by atoms with Gasteiger partial charge in [0.1, 0.15) is 6.29 Å². The molecule has 0 saturated carbocycles.